The van der Waals surface area contributed by atoms with Crippen molar-refractivity contribution in [3.05, 3.63) is 23.8 Å². The molecule has 0 atom stereocenters. The first-order chi connectivity index (χ1) is 13.1. The first-order valence-electron chi connectivity index (χ1n) is 10.1. The Labute approximate surface area is 162 Å². The zero-order valence-electron chi connectivity index (χ0n) is 16.8. The Balaban J connectivity index is 1.50. The maximum absolute atomic E-state index is 12.3. The minimum atomic E-state index is -0.293. The molecule has 0 aromatic carbocycles. The van der Waals surface area contributed by atoms with Gasteiger partial charge in [-0.2, -0.15) is 0 Å². The highest BCUT2D eigenvalue weighted by Gasteiger charge is 2.47. The Morgan fingerprint density at radius 2 is 1.89 bits per heavy atom. The summed E-state index contributed by atoms with van der Waals surface area (Å²) >= 11 is 0. The molecule has 2 aliphatic heterocycles. The van der Waals surface area contributed by atoms with Gasteiger partial charge in [-0.3, -0.25) is 4.90 Å². The Morgan fingerprint density at radius 3 is 2.48 bits per heavy atom. The van der Waals surface area contributed by atoms with Gasteiger partial charge in [-0.05, 0) is 5.92 Å². The lowest BCUT2D eigenvalue weighted by Gasteiger charge is -2.37. The molecule has 0 bridgehead atoms. The molecule has 2 aliphatic rings. The number of aromatic nitrogens is 2. The van der Waals surface area contributed by atoms with Gasteiger partial charge in [0.25, 0.3) is 0 Å². The molecule has 0 aliphatic carbocycles. The molecule has 27 heavy (non-hydrogen) atoms. The number of likely N-dealkylation sites (tertiary alicyclic amines) is 1. The molecular weight excluding hydrogens is 344 g/mol. The molecular formula is C20H32N4O3. The second-order valence-corrected chi connectivity index (χ2v) is 7.83. The average molecular weight is 377 g/mol. The van der Waals surface area contributed by atoms with Gasteiger partial charge in [-0.1, -0.05) is 26.7 Å². The maximum atomic E-state index is 12.3. The summed E-state index contributed by atoms with van der Waals surface area (Å²) in [5.41, 5.74) is 0.808. The van der Waals surface area contributed by atoms with E-state index in [9.17, 15) is 4.79 Å². The van der Waals surface area contributed by atoms with Crippen LogP contribution in [-0.2, 0) is 22.6 Å². The summed E-state index contributed by atoms with van der Waals surface area (Å²) in [7, 11) is 1.64. The number of methoxy groups -OCH3 is 1. The first-order valence-corrected chi connectivity index (χ1v) is 10.1. The van der Waals surface area contributed by atoms with Crippen LogP contribution in [0.25, 0.3) is 0 Å². The van der Waals surface area contributed by atoms with Gasteiger partial charge < -0.3 is 14.4 Å². The number of rotatable bonds is 8. The molecule has 1 spiro atoms. The van der Waals surface area contributed by atoms with Crippen LogP contribution in [-0.4, -0.2) is 64.8 Å². The van der Waals surface area contributed by atoms with Crippen molar-refractivity contribution in [2.75, 3.05) is 33.3 Å². The first kappa shape index (κ1) is 20.0. The molecule has 0 radical (unpaired) electrons. The third-order valence-corrected chi connectivity index (χ3v) is 5.88. The number of hydrogen-bond donors (Lipinski definition) is 0. The maximum Gasteiger partial charge on any atom is 0.410 e. The lowest BCUT2D eigenvalue weighted by atomic mass is 9.91. The highest BCUT2D eigenvalue weighted by Crippen LogP contribution is 2.34. The second-order valence-electron chi connectivity index (χ2n) is 7.83. The van der Waals surface area contributed by atoms with Gasteiger partial charge in [-0.25, -0.2) is 14.8 Å². The van der Waals surface area contributed by atoms with Crippen LogP contribution in [0.3, 0.4) is 0 Å². The third-order valence-electron chi connectivity index (χ3n) is 5.88. The lowest BCUT2D eigenvalue weighted by molar-refractivity contribution is -0.00131. The second kappa shape index (κ2) is 8.97. The SMILES string of the molecule is CCC(CC)CN1CC2(CCN(Cc3cnc(COC)nc3)CC2)OC1=O. The van der Waals surface area contributed by atoms with E-state index >= 15 is 0 Å². The van der Waals surface area contributed by atoms with E-state index in [4.69, 9.17) is 9.47 Å². The third kappa shape index (κ3) is 4.96. The molecule has 2 saturated heterocycles. The van der Waals surface area contributed by atoms with Crippen molar-refractivity contribution in [1.82, 2.24) is 19.8 Å². The van der Waals surface area contributed by atoms with Crippen molar-refractivity contribution in [2.45, 2.75) is 58.3 Å². The number of ether oxygens (including phenoxy) is 2. The van der Waals surface area contributed by atoms with Gasteiger partial charge in [0.2, 0.25) is 0 Å². The molecule has 3 rings (SSSR count). The Morgan fingerprint density at radius 1 is 1.22 bits per heavy atom. The predicted octanol–water partition coefficient (Wildman–Crippen LogP) is 2.85. The van der Waals surface area contributed by atoms with E-state index in [2.05, 4.69) is 28.7 Å². The zero-order valence-corrected chi connectivity index (χ0v) is 16.8. The van der Waals surface area contributed by atoms with Crippen LogP contribution in [0, 0.1) is 5.92 Å². The summed E-state index contributed by atoms with van der Waals surface area (Å²) in [6.45, 7) is 9.05. The average Bonchev–Trinajstić information content (AvgIpc) is 2.98. The number of hydrogen-bond acceptors (Lipinski definition) is 6. The summed E-state index contributed by atoms with van der Waals surface area (Å²) < 4.78 is 10.9. The van der Waals surface area contributed by atoms with Gasteiger partial charge in [0.05, 0.1) is 6.54 Å². The van der Waals surface area contributed by atoms with Crippen molar-refractivity contribution >= 4 is 6.09 Å². The van der Waals surface area contributed by atoms with E-state index in [1.807, 2.05) is 17.3 Å². The van der Waals surface area contributed by atoms with E-state index in [0.717, 1.165) is 64.0 Å². The number of piperidine rings is 1. The summed E-state index contributed by atoms with van der Waals surface area (Å²) in [6, 6.07) is 0. The van der Waals surface area contributed by atoms with Crippen LogP contribution < -0.4 is 0 Å². The van der Waals surface area contributed by atoms with Crippen molar-refractivity contribution in [3.63, 3.8) is 0 Å². The number of nitrogens with zero attached hydrogens (tertiary/aromatic N) is 4. The van der Waals surface area contributed by atoms with Crippen molar-refractivity contribution in [1.29, 1.82) is 0 Å². The topological polar surface area (TPSA) is 67.8 Å². The quantitative estimate of drug-likeness (QED) is 0.695. The van der Waals surface area contributed by atoms with E-state index in [1.165, 1.54) is 0 Å². The van der Waals surface area contributed by atoms with Crippen molar-refractivity contribution in [2.24, 2.45) is 5.92 Å². The summed E-state index contributed by atoms with van der Waals surface area (Å²) in [5.74, 6) is 1.27. The minimum Gasteiger partial charge on any atom is -0.441 e. The van der Waals surface area contributed by atoms with Crippen LogP contribution in [0.1, 0.15) is 50.9 Å². The van der Waals surface area contributed by atoms with E-state index < -0.39 is 0 Å². The summed E-state index contributed by atoms with van der Waals surface area (Å²) in [4.78, 5) is 25.3. The molecule has 7 heteroatoms. The fraction of sp³-hybridized carbons (Fsp3) is 0.750. The van der Waals surface area contributed by atoms with Crippen LogP contribution in [0.5, 0.6) is 0 Å². The summed E-state index contributed by atoms with van der Waals surface area (Å²) in [6.07, 6.45) is 7.61. The largest absolute Gasteiger partial charge is 0.441 e. The normalized spacial score (nSPS) is 19.9. The molecule has 7 nitrogen and oxygen atoms in total. The molecule has 1 aromatic heterocycles. The van der Waals surface area contributed by atoms with Crippen LogP contribution in [0.2, 0.25) is 0 Å². The molecule has 0 unspecified atom stereocenters. The number of carbonyl (C=O) groups is 1. The van der Waals surface area contributed by atoms with Gasteiger partial charge in [0.15, 0.2) is 5.82 Å². The monoisotopic (exact) mass is 376 g/mol. The zero-order chi connectivity index (χ0) is 19.3. The fourth-order valence-electron chi connectivity index (χ4n) is 4.00. The molecule has 1 aromatic rings. The Kier molecular flexibility index (Phi) is 6.65. The molecule has 150 valence electrons. The predicted molar refractivity (Wildman–Crippen MR) is 102 cm³/mol. The van der Waals surface area contributed by atoms with Gasteiger partial charge >= 0.3 is 6.09 Å². The highest BCUT2D eigenvalue weighted by atomic mass is 16.6. The summed E-state index contributed by atoms with van der Waals surface area (Å²) in [5, 5.41) is 0. The smallest absolute Gasteiger partial charge is 0.410 e. The number of amides is 1. The fourth-order valence-corrected chi connectivity index (χ4v) is 4.00. The van der Waals surface area contributed by atoms with Crippen LogP contribution >= 0.6 is 0 Å². The van der Waals surface area contributed by atoms with E-state index in [0.29, 0.717) is 18.3 Å². The number of carbonyl (C=O) groups excluding carboxylic acids is 1. The van der Waals surface area contributed by atoms with Crippen LogP contribution in [0.15, 0.2) is 12.4 Å². The molecule has 3 heterocycles. The van der Waals surface area contributed by atoms with E-state index in [-0.39, 0.29) is 11.7 Å². The lowest BCUT2D eigenvalue weighted by Crippen LogP contribution is -2.46. The molecule has 1 amide bonds. The standard InChI is InChI=1S/C20H32N4O3/c1-4-16(5-2)13-24-15-20(27-19(24)25)6-8-23(9-7-20)12-17-10-21-18(14-26-3)22-11-17/h10-11,16H,4-9,12-15H2,1-3H3. The van der Waals surface area contributed by atoms with Crippen molar-refractivity contribution in [3.8, 4) is 0 Å². The van der Waals surface area contributed by atoms with Gasteiger partial charge in [0.1, 0.15) is 12.2 Å². The molecule has 0 saturated carbocycles. The minimum absolute atomic E-state index is 0.127. The highest BCUT2D eigenvalue weighted by molar-refractivity contribution is 5.70. The Hall–Kier alpha value is -1.73. The molecule has 2 fully saturated rings. The van der Waals surface area contributed by atoms with Crippen LogP contribution in [0.4, 0.5) is 4.79 Å². The van der Waals surface area contributed by atoms with Gasteiger partial charge in [0, 0.05) is 64.1 Å². The van der Waals surface area contributed by atoms with Crippen molar-refractivity contribution < 1.29 is 14.3 Å². The van der Waals surface area contributed by atoms with Gasteiger partial charge in [-0.15, -0.1) is 0 Å². The van der Waals surface area contributed by atoms with E-state index in [1.54, 1.807) is 7.11 Å². The molecule has 0 N–H and O–H groups in total. The Bertz CT molecular complexity index is 610.